The molecule has 0 bridgehead atoms. The van der Waals surface area contributed by atoms with Crippen molar-refractivity contribution in [3.8, 4) is 0 Å². The van der Waals surface area contributed by atoms with E-state index in [2.05, 4.69) is 49.5 Å². The molecule has 18 heavy (non-hydrogen) atoms. The molecule has 0 aliphatic heterocycles. The van der Waals surface area contributed by atoms with Crippen molar-refractivity contribution in [3.63, 3.8) is 0 Å². The molecule has 0 N–H and O–H groups in total. The third kappa shape index (κ3) is 7.84. The summed E-state index contributed by atoms with van der Waals surface area (Å²) in [6, 6.07) is 12.0. The molecule has 0 heterocycles. The molecule has 1 rings (SSSR count). The molecule has 1 aromatic carbocycles. The summed E-state index contributed by atoms with van der Waals surface area (Å²) in [5.41, 5.74) is 0. The third-order valence-corrected chi connectivity index (χ3v) is 2.07. The van der Waals surface area contributed by atoms with Crippen molar-refractivity contribution in [1.29, 1.82) is 0 Å². The van der Waals surface area contributed by atoms with Gasteiger partial charge in [0.2, 0.25) is 0 Å². The molecule has 0 atom stereocenters. The molecule has 0 aliphatic rings. The van der Waals surface area contributed by atoms with Gasteiger partial charge in [-0.1, -0.05) is 0 Å². The molecular formula is C9HF6NiS2-7. The second kappa shape index (κ2) is 7.91. The van der Waals surface area contributed by atoms with Crippen LogP contribution >= 0.6 is 0 Å². The van der Waals surface area contributed by atoms with Gasteiger partial charge >= 0.3 is 12.4 Å². The summed E-state index contributed by atoms with van der Waals surface area (Å²) in [5.74, 6) is 0. The number of hydrogen-bond acceptors (Lipinski definition) is 2. The van der Waals surface area contributed by atoms with Gasteiger partial charge in [-0.05, 0) is 0 Å². The summed E-state index contributed by atoms with van der Waals surface area (Å²) < 4.78 is 69.0. The van der Waals surface area contributed by atoms with Gasteiger partial charge in [-0.3, -0.25) is 0 Å². The zero-order valence-corrected chi connectivity index (χ0v) is 10.6. The summed E-state index contributed by atoms with van der Waals surface area (Å²) in [7, 11) is 0. The molecule has 1 aromatic rings. The van der Waals surface area contributed by atoms with Gasteiger partial charge < -0.3 is 55.6 Å². The van der Waals surface area contributed by atoms with E-state index in [0.29, 0.717) is 0 Å². The molecule has 0 aliphatic carbocycles. The van der Waals surface area contributed by atoms with Crippen LogP contribution in [0.4, 0.5) is 26.3 Å². The van der Waals surface area contributed by atoms with Gasteiger partial charge in [0.1, 0.15) is 0 Å². The third-order valence-electron chi connectivity index (χ3n) is 1.07. The fourth-order valence-corrected chi connectivity index (χ4v) is 0.669. The monoisotopic (exact) mass is 345 g/mol. The van der Waals surface area contributed by atoms with E-state index in [1.807, 2.05) is 0 Å². The van der Waals surface area contributed by atoms with E-state index in [0.717, 1.165) is 0 Å². The van der Waals surface area contributed by atoms with E-state index >= 15 is 0 Å². The number of rotatable bonds is 0. The van der Waals surface area contributed by atoms with Crippen molar-refractivity contribution in [2.75, 3.05) is 0 Å². The molecule has 0 unspecified atom stereocenters. The SMILES string of the molecule is FC(F)(F)C([S-])=C([S-])C(F)(F)F.[Ni].[c-]1[c-][c-][cH-][c-]1. The van der Waals surface area contributed by atoms with E-state index in [4.69, 9.17) is 0 Å². The fraction of sp³-hybridized carbons (Fsp3) is 0.222. The van der Waals surface area contributed by atoms with Crippen LogP contribution in [0.2, 0.25) is 0 Å². The normalized spacial score (nSPS) is 12.8. The number of halogens is 6. The van der Waals surface area contributed by atoms with Gasteiger partial charge in [0.15, 0.2) is 0 Å². The zero-order valence-electron chi connectivity index (χ0n) is 7.98. The smallest absolute Gasteiger partial charge is 0.391 e. The molecule has 0 fully saturated rings. The summed E-state index contributed by atoms with van der Waals surface area (Å²) in [6.07, 6.45) is -10.4. The predicted molar refractivity (Wildman–Crippen MR) is 51.2 cm³/mol. The maximum atomic E-state index is 11.5. The first kappa shape index (κ1) is 19.9. The van der Waals surface area contributed by atoms with Crippen molar-refractivity contribution >= 4 is 25.3 Å². The first-order chi connectivity index (χ1) is 7.57. The summed E-state index contributed by atoms with van der Waals surface area (Å²) in [5, 5.41) is 0. The summed E-state index contributed by atoms with van der Waals surface area (Å²) in [6.45, 7) is 0. The van der Waals surface area contributed by atoms with Crippen LogP contribution < -0.4 is 0 Å². The van der Waals surface area contributed by atoms with Gasteiger partial charge in [-0.25, -0.2) is 0 Å². The van der Waals surface area contributed by atoms with E-state index in [9.17, 15) is 26.3 Å². The summed E-state index contributed by atoms with van der Waals surface area (Å²) >= 11 is 6.95. The Morgan fingerprint density at radius 1 is 0.778 bits per heavy atom. The minimum atomic E-state index is -5.19. The number of allylic oxidation sites excluding steroid dienone is 2. The van der Waals surface area contributed by atoms with Crippen LogP contribution in [0.15, 0.2) is 15.9 Å². The molecule has 9 heteroatoms. The van der Waals surface area contributed by atoms with E-state index in [-0.39, 0.29) is 16.5 Å². The van der Waals surface area contributed by atoms with E-state index in [1.165, 1.54) is 0 Å². The quantitative estimate of drug-likeness (QED) is 0.307. The average molecular weight is 346 g/mol. The van der Waals surface area contributed by atoms with Crippen LogP contribution in [0.5, 0.6) is 0 Å². The maximum Gasteiger partial charge on any atom is 0.391 e. The van der Waals surface area contributed by atoms with Crippen molar-refractivity contribution < 1.29 is 42.8 Å². The molecule has 0 aromatic heterocycles. The van der Waals surface area contributed by atoms with Crippen LogP contribution in [-0.4, -0.2) is 12.4 Å². The van der Waals surface area contributed by atoms with Crippen molar-refractivity contribution in [2.24, 2.45) is 0 Å². The van der Waals surface area contributed by atoms with Crippen LogP contribution in [0, 0.1) is 24.3 Å². The Labute approximate surface area is 121 Å². The number of alkyl halides is 6. The second-order valence-electron chi connectivity index (χ2n) is 2.34. The molecule has 0 saturated heterocycles. The van der Waals surface area contributed by atoms with Gasteiger partial charge in [-0.15, -0.1) is 9.81 Å². The zero-order chi connectivity index (χ0) is 13.7. The standard InChI is InChI=1S/C5H.C4H2F6S2.Ni/c1-2-4-5-3-1;5-3(6,7)1(11)2(12)4(8,9)10;/h1H;11-12H;/q-5;;/p-2. The molecule has 108 valence electrons. The van der Waals surface area contributed by atoms with Crippen molar-refractivity contribution in [1.82, 2.24) is 0 Å². The fourth-order valence-electron chi connectivity index (χ4n) is 0.438. The maximum absolute atomic E-state index is 11.5. The minimum absolute atomic E-state index is 0. The average Bonchev–Trinajstić information content (AvgIpc) is 2.70. The van der Waals surface area contributed by atoms with E-state index in [1.54, 1.807) is 6.07 Å². The first-order valence-electron chi connectivity index (χ1n) is 3.62. The number of hydrogen-bond donors (Lipinski definition) is 0. The van der Waals surface area contributed by atoms with Gasteiger partial charge in [0.05, 0.1) is 0 Å². The van der Waals surface area contributed by atoms with Crippen molar-refractivity contribution in [3.05, 3.63) is 40.1 Å². The Bertz CT molecular complexity index is 313. The first-order valence-corrected chi connectivity index (χ1v) is 4.44. The molecular weight excluding hydrogens is 345 g/mol. The molecule has 0 amide bonds. The van der Waals surface area contributed by atoms with Gasteiger partial charge in [-0.2, -0.15) is 26.3 Å². The van der Waals surface area contributed by atoms with Crippen molar-refractivity contribution in [2.45, 2.75) is 12.4 Å². The van der Waals surface area contributed by atoms with E-state index < -0.39 is 22.2 Å². The van der Waals surface area contributed by atoms with Crippen LogP contribution in [0.3, 0.4) is 0 Å². The van der Waals surface area contributed by atoms with Crippen LogP contribution in [-0.2, 0) is 41.7 Å². The Balaban J connectivity index is 0. The Kier molecular flexibility index (Phi) is 8.76. The van der Waals surface area contributed by atoms with Crippen LogP contribution in [0.25, 0.3) is 0 Å². The molecule has 0 radical (unpaired) electrons. The Morgan fingerprint density at radius 3 is 1.17 bits per heavy atom. The molecule has 0 nitrogen and oxygen atoms in total. The second-order valence-corrected chi connectivity index (χ2v) is 3.15. The summed E-state index contributed by atoms with van der Waals surface area (Å²) in [4.78, 5) is -4.41. The van der Waals surface area contributed by atoms with Gasteiger partial charge in [0, 0.05) is 16.5 Å². The predicted octanol–water partition coefficient (Wildman–Crippen LogP) is 3.02. The van der Waals surface area contributed by atoms with Crippen LogP contribution in [0.1, 0.15) is 0 Å². The van der Waals surface area contributed by atoms with Gasteiger partial charge in [0.25, 0.3) is 0 Å². The molecule has 0 saturated carbocycles. The Hall–Kier alpha value is -0.396. The Morgan fingerprint density at radius 2 is 1.06 bits per heavy atom. The minimum Gasteiger partial charge on any atom is -0.999 e. The topological polar surface area (TPSA) is 0 Å². The molecule has 0 spiro atoms. The largest absolute Gasteiger partial charge is 0.999 e.